The fourth-order valence-electron chi connectivity index (χ4n) is 3.69. The number of benzene rings is 1. The first kappa shape index (κ1) is 17.9. The van der Waals surface area contributed by atoms with Crippen LogP contribution in [0.3, 0.4) is 0 Å². The predicted octanol–water partition coefficient (Wildman–Crippen LogP) is 3.17. The molecule has 0 radical (unpaired) electrons. The number of carbonyl (C=O) groups is 2. The van der Waals surface area contributed by atoms with Crippen LogP contribution in [0.5, 0.6) is 0 Å². The Hall–Kier alpha value is -1.88. The molecule has 0 aliphatic carbocycles. The first-order valence-corrected chi connectivity index (χ1v) is 9.36. The predicted molar refractivity (Wildman–Crippen MR) is 97.4 cm³/mol. The highest BCUT2D eigenvalue weighted by molar-refractivity contribution is 5.93. The van der Waals surface area contributed by atoms with Crippen LogP contribution in [0.4, 0.5) is 5.69 Å². The van der Waals surface area contributed by atoms with Crippen molar-refractivity contribution in [2.45, 2.75) is 51.6 Å². The van der Waals surface area contributed by atoms with Crippen LogP contribution in [0.2, 0.25) is 0 Å². The summed E-state index contributed by atoms with van der Waals surface area (Å²) in [6.45, 7) is 6.22. The molecule has 2 amide bonds. The van der Waals surface area contributed by atoms with Crippen molar-refractivity contribution in [3.8, 4) is 0 Å². The zero-order valence-electron chi connectivity index (χ0n) is 15.2. The van der Waals surface area contributed by atoms with E-state index in [1.54, 1.807) is 0 Å². The van der Waals surface area contributed by atoms with Crippen LogP contribution >= 0.6 is 0 Å². The second-order valence-corrected chi connectivity index (χ2v) is 7.33. The molecule has 0 bridgehead atoms. The summed E-state index contributed by atoms with van der Waals surface area (Å²) in [6, 6.07) is 7.97. The molecule has 1 atom stereocenters. The second-order valence-electron chi connectivity index (χ2n) is 7.33. The number of anilines is 1. The topological polar surface area (TPSA) is 58.6 Å². The van der Waals surface area contributed by atoms with Crippen molar-refractivity contribution in [3.63, 3.8) is 0 Å². The smallest absolute Gasteiger partial charge is 0.251 e. The summed E-state index contributed by atoms with van der Waals surface area (Å²) >= 11 is 0. The van der Waals surface area contributed by atoms with Crippen molar-refractivity contribution >= 4 is 17.5 Å². The van der Waals surface area contributed by atoms with Crippen LogP contribution in [0, 0.1) is 5.92 Å². The fourth-order valence-corrected chi connectivity index (χ4v) is 3.69. The van der Waals surface area contributed by atoms with E-state index in [0.29, 0.717) is 38.5 Å². The molecule has 136 valence electrons. The van der Waals surface area contributed by atoms with Crippen molar-refractivity contribution < 1.29 is 14.3 Å². The Morgan fingerprint density at radius 2 is 1.88 bits per heavy atom. The Morgan fingerprint density at radius 3 is 2.52 bits per heavy atom. The monoisotopic (exact) mass is 344 g/mol. The first-order valence-electron chi connectivity index (χ1n) is 9.36. The van der Waals surface area contributed by atoms with Crippen LogP contribution in [0.15, 0.2) is 24.3 Å². The summed E-state index contributed by atoms with van der Waals surface area (Å²) in [5, 5.41) is 3.09. The van der Waals surface area contributed by atoms with Crippen LogP contribution in [0.1, 0.15) is 51.0 Å². The lowest BCUT2D eigenvalue weighted by Crippen LogP contribution is -2.45. The van der Waals surface area contributed by atoms with E-state index in [1.807, 2.05) is 23.1 Å². The van der Waals surface area contributed by atoms with Gasteiger partial charge in [-0.25, -0.2) is 0 Å². The third-order valence-corrected chi connectivity index (χ3v) is 5.22. The molecule has 0 saturated carbocycles. The van der Waals surface area contributed by atoms with E-state index in [1.165, 1.54) is 0 Å². The molecule has 5 heteroatoms. The van der Waals surface area contributed by atoms with Crippen molar-refractivity contribution in [1.82, 2.24) is 4.90 Å². The molecule has 0 spiro atoms. The lowest BCUT2D eigenvalue weighted by molar-refractivity contribution is -0.143. The van der Waals surface area contributed by atoms with Gasteiger partial charge in [-0.2, -0.15) is 0 Å². The molecule has 2 heterocycles. The van der Waals surface area contributed by atoms with Gasteiger partial charge >= 0.3 is 0 Å². The largest absolute Gasteiger partial charge is 0.368 e. The quantitative estimate of drug-likeness (QED) is 0.913. The maximum absolute atomic E-state index is 12.6. The molecule has 1 aromatic carbocycles. The van der Waals surface area contributed by atoms with Gasteiger partial charge in [0.05, 0.1) is 0 Å². The number of nitrogens with zero attached hydrogens (tertiary/aromatic N) is 1. The number of hydrogen-bond acceptors (Lipinski definition) is 3. The zero-order valence-corrected chi connectivity index (χ0v) is 15.2. The average molecular weight is 344 g/mol. The number of likely N-dealkylation sites (tertiary alicyclic amines) is 1. The van der Waals surface area contributed by atoms with Gasteiger partial charge in [0.15, 0.2) is 0 Å². The van der Waals surface area contributed by atoms with Gasteiger partial charge in [0, 0.05) is 31.3 Å². The molecular weight excluding hydrogens is 316 g/mol. The van der Waals surface area contributed by atoms with E-state index in [4.69, 9.17) is 4.74 Å². The van der Waals surface area contributed by atoms with E-state index >= 15 is 0 Å². The van der Waals surface area contributed by atoms with Gasteiger partial charge in [0.2, 0.25) is 5.91 Å². The van der Waals surface area contributed by atoms with Crippen molar-refractivity contribution in [2.75, 3.05) is 25.0 Å². The lowest BCUT2D eigenvalue weighted by Gasteiger charge is -2.32. The normalized spacial score (nSPS) is 21.6. The van der Waals surface area contributed by atoms with Crippen molar-refractivity contribution in [3.05, 3.63) is 29.8 Å². The Labute approximate surface area is 149 Å². The van der Waals surface area contributed by atoms with Gasteiger partial charge in [-0.3, -0.25) is 9.59 Å². The maximum atomic E-state index is 12.6. The van der Waals surface area contributed by atoms with Crippen LogP contribution < -0.4 is 5.32 Å². The number of amides is 2. The van der Waals surface area contributed by atoms with Crippen molar-refractivity contribution in [2.24, 2.45) is 5.92 Å². The Bertz CT molecular complexity index is 615. The second kappa shape index (κ2) is 8.00. The molecule has 5 nitrogen and oxygen atoms in total. The Kier molecular flexibility index (Phi) is 5.74. The van der Waals surface area contributed by atoms with Crippen LogP contribution in [0.25, 0.3) is 0 Å². The van der Waals surface area contributed by atoms with Crippen LogP contribution in [-0.2, 0) is 14.3 Å². The van der Waals surface area contributed by atoms with Gasteiger partial charge in [-0.05, 0) is 43.2 Å². The SMILES string of the molecule is CC(C)c1ccccc1NC(=O)C1CCN(C(=O)C2CCCO2)CC1. The minimum absolute atomic E-state index is 0.0336. The highest BCUT2D eigenvalue weighted by atomic mass is 16.5. The van der Waals surface area contributed by atoms with Gasteiger partial charge in [-0.15, -0.1) is 0 Å². The molecule has 2 aliphatic heterocycles. The Morgan fingerprint density at radius 1 is 1.16 bits per heavy atom. The molecule has 1 unspecified atom stereocenters. The standard InChI is InChI=1S/C20H28N2O3/c1-14(2)16-6-3-4-7-17(16)21-19(23)15-9-11-22(12-10-15)20(24)18-8-5-13-25-18/h3-4,6-7,14-15,18H,5,8-13H2,1-2H3,(H,21,23). The molecule has 1 N–H and O–H groups in total. The van der Waals surface area contributed by atoms with E-state index in [0.717, 1.165) is 24.1 Å². The molecular formula is C20H28N2O3. The average Bonchev–Trinajstić information content (AvgIpc) is 3.16. The zero-order chi connectivity index (χ0) is 17.8. The molecule has 25 heavy (non-hydrogen) atoms. The summed E-state index contributed by atoms with van der Waals surface area (Å²) in [7, 11) is 0. The van der Waals surface area contributed by atoms with Crippen LogP contribution in [-0.4, -0.2) is 42.5 Å². The summed E-state index contributed by atoms with van der Waals surface area (Å²) < 4.78 is 5.49. The summed E-state index contributed by atoms with van der Waals surface area (Å²) in [6.07, 6.45) is 2.96. The highest BCUT2D eigenvalue weighted by Gasteiger charge is 2.32. The molecule has 2 aliphatic rings. The van der Waals surface area contributed by atoms with E-state index < -0.39 is 0 Å². The number of rotatable bonds is 4. The number of para-hydroxylation sites is 1. The number of carbonyl (C=O) groups excluding carboxylic acids is 2. The minimum atomic E-state index is -0.261. The van der Waals surface area contributed by atoms with Gasteiger partial charge in [-0.1, -0.05) is 32.0 Å². The summed E-state index contributed by atoms with van der Waals surface area (Å²) in [5.41, 5.74) is 2.06. The number of ether oxygens (including phenoxy) is 1. The number of nitrogens with one attached hydrogen (secondary N) is 1. The van der Waals surface area contributed by atoms with Crippen molar-refractivity contribution in [1.29, 1.82) is 0 Å². The van der Waals surface area contributed by atoms with E-state index in [-0.39, 0.29) is 23.8 Å². The maximum Gasteiger partial charge on any atom is 0.251 e. The minimum Gasteiger partial charge on any atom is -0.368 e. The van der Waals surface area contributed by atoms with Gasteiger partial charge < -0.3 is 15.0 Å². The molecule has 3 rings (SSSR count). The number of hydrogen-bond donors (Lipinski definition) is 1. The van der Waals surface area contributed by atoms with Gasteiger partial charge in [0.25, 0.3) is 5.91 Å². The third kappa shape index (κ3) is 4.21. The third-order valence-electron chi connectivity index (χ3n) is 5.22. The molecule has 2 saturated heterocycles. The molecule has 0 aromatic heterocycles. The summed E-state index contributed by atoms with van der Waals surface area (Å²) in [5.74, 6) is 0.495. The first-order chi connectivity index (χ1) is 12.1. The molecule has 1 aromatic rings. The number of piperidine rings is 1. The van der Waals surface area contributed by atoms with Gasteiger partial charge in [0.1, 0.15) is 6.10 Å². The van der Waals surface area contributed by atoms with E-state index in [9.17, 15) is 9.59 Å². The fraction of sp³-hybridized carbons (Fsp3) is 0.600. The highest BCUT2D eigenvalue weighted by Crippen LogP contribution is 2.26. The van der Waals surface area contributed by atoms with E-state index in [2.05, 4.69) is 25.2 Å². The molecule has 2 fully saturated rings. The lowest BCUT2D eigenvalue weighted by atomic mass is 9.94. The summed E-state index contributed by atoms with van der Waals surface area (Å²) in [4.78, 5) is 26.9. The Balaban J connectivity index is 1.54.